The number of aliphatic hydroxyl groups excluding tert-OH is 1. The second-order valence-corrected chi connectivity index (χ2v) is 4.95. The van der Waals surface area contributed by atoms with Crippen LogP contribution in [-0.2, 0) is 11.4 Å². The number of hydrogen-bond donors (Lipinski definition) is 2. The van der Waals surface area contributed by atoms with Crippen LogP contribution in [0.4, 0.5) is 5.69 Å². The molecule has 2 aromatic rings. The van der Waals surface area contributed by atoms with E-state index in [0.717, 1.165) is 5.56 Å². The van der Waals surface area contributed by atoms with Gasteiger partial charge < -0.3 is 15.2 Å². The lowest BCUT2D eigenvalue weighted by Gasteiger charge is -2.15. The molecule has 2 aromatic carbocycles. The van der Waals surface area contributed by atoms with E-state index < -0.39 is 6.10 Å². The SMILES string of the molecule is CC(Oc1ccccc1Cl)C(=O)Nc1cccc(CO)c1. The summed E-state index contributed by atoms with van der Waals surface area (Å²) in [4.78, 5) is 12.1. The Hall–Kier alpha value is -2.04. The fraction of sp³-hybridized carbons (Fsp3) is 0.188. The topological polar surface area (TPSA) is 58.6 Å². The third kappa shape index (κ3) is 4.21. The highest BCUT2D eigenvalue weighted by atomic mass is 35.5. The van der Waals surface area contributed by atoms with Crippen LogP contribution in [0.1, 0.15) is 12.5 Å². The summed E-state index contributed by atoms with van der Waals surface area (Å²) in [5, 5.41) is 12.3. The van der Waals surface area contributed by atoms with Gasteiger partial charge in [0, 0.05) is 5.69 Å². The number of ether oxygens (including phenoxy) is 1. The maximum Gasteiger partial charge on any atom is 0.265 e. The molecule has 0 radical (unpaired) electrons. The van der Waals surface area contributed by atoms with Crippen molar-refractivity contribution >= 4 is 23.2 Å². The molecule has 21 heavy (non-hydrogen) atoms. The summed E-state index contributed by atoms with van der Waals surface area (Å²) in [5.41, 5.74) is 1.34. The number of nitrogens with one attached hydrogen (secondary N) is 1. The molecule has 1 atom stereocenters. The molecule has 0 saturated carbocycles. The van der Waals surface area contributed by atoms with Crippen LogP contribution in [0.5, 0.6) is 5.75 Å². The molecule has 1 amide bonds. The zero-order valence-electron chi connectivity index (χ0n) is 11.5. The van der Waals surface area contributed by atoms with Gasteiger partial charge in [0.05, 0.1) is 11.6 Å². The molecule has 0 bridgehead atoms. The number of aliphatic hydroxyl groups is 1. The fourth-order valence-corrected chi connectivity index (χ4v) is 1.96. The maximum atomic E-state index is 12.1. The number of para-hydroxylation sites is 1. The Kier molecular flexibility index (Phi) is 5.20. The molecular weight excluding hydrogens is 290 g/mol. The van der Waals surface area contributed by atoms with Gasteiger partial charge in [-0.25, -0.2) is 0 Å². The van der Waals surface area contributed by atoms with Crippen LogP contribution in [0.25, 0.3) is 0 Å². The first-order valence-corrected chi connectivity index (χ1v) is 6.90. The zero-order chi connectivity index (χ0) is 15.2. The molecular formula is C16H16ClNO3. The lowest BCUT2D eigenvalue weighted by Crippen LogP contribution is -2.30. The molecule has 0 aromatic heterocycles. The minimum atomic E-state index is -0.692. The Morgan fingerprint density at radius 3 is 2.76 bits per heavy atom. The van der Waals surface area contributed by atoms with Crippen molar-refractivity contribution in [3.05, 3.63) is 59.1 Å². The summed E-state index contributed by atoms with van der Waals surface area (Å²) in [6, 6.07) is 14.0. The normalized spacial score (nSPS) is 11.8. The van der Waals surface area contributed by atoms with Gasteiger partial charge in [0.15, 0.2) is 6.10 Å². The molecule has 5 heteroatoms. The molecule has 0 spiro atoms. The first-order valence-electron chi connectivity index (χ1n) is 6.52. The predicted octanol–water partition coefficient (Wildman–Crippen LogP) is 3.24. The number of benzene rings is 2. The summed E-state index contributed by atoms with van der Waals surface area (Å²) in [7, 11) is 0. The van der Waals surface area contributed by atoms with Crippen LogP contribution in [0.2, 0.25) is 5.02 Å². The standard InChI is InChI=1S/C16H16ClNO3/c1-11(21-15-8-3-2-7-14(15)17)16(20)18-13-6-4-5-12(9-13)10-19/h2-9,11,19H,10H2,1H3,(H,18,20). The van der Waals surface area contributed by atoms with Gasteiger partial charge in [0.1, 0.15) is 5.75 Å². The van der Waals surface area contributed by atoms with Gasteiger partial charge in [-0.2, -0.15) is 0 Å². The highest BCUT2D eigenvalue weighted by Crippen LogP contribution is 2.24. The van der Waals surface area contributed by atoms with Crippen molar-refractivity contribution in [2.24, 2.45) is 0 Å². The summed E-state index contributed by atoms with van der Waals surface area (Å²) < 4.78 is 5.54. The smallest absolute Gasteiger partial charge is 0.265 e. The van der Waals surface area contributed by atoms with E-state index in [4.69, 9.17) is 21.4 Å². The van der Waals surface area contributed by atoms with Gasteiger partial charge in [-0.05, 0) is 36.8 Å². The van der Waals surface area contributed by atoms with Crippen LogP contribution < -0.4 is 10.1 Å². The first kappa shape index (κ1) is 15.4. The highest BCUT2D eigenvalue weighted by molar-refractivity contribution is 6.32. The van der Waals surface area contributed by atoms with Gasteiger partial charge in [-0.3, -0.25) is 4.79 Å². The van der Waals surface area contributed by atoms with Gasteiger partial charge in [-0.1, -0.05) is 35.9 Å². The number of rotatable bonds is 5. The fourth-order valence-electron chi connectivity index (χ4n) is 1.78. The second-order valence-electron chi connectivity index (χ2n) is 4.54. The number of carbonyl (C=O) groups excluding carboxylic acids is 1. The van der Waals surface area contributed by atoms with E-state index in [1.165, 1.54) is 0 Å². The summed E-state index contributed by atoms with van der Waals surface area (Å²) in [5.74, 6) is 0.177. The predicted molar refractivity (Wildman–Crippen MR) is 82.5 cm³/mol. The number of hydrogen-bond acceptors (Lipinski definition) is 3. The number of carbonyl (C=O) groups is 1. The molecule has 2 N–H and O–H groups in total. The van der Waals surface area contributed by atoms with Crippen molar-refractivity contribution in [3.8, 4) is 5.75 Å². The van der Waals surface area contributed by atoms with Gasteiger partial charge in [-0.15, -0.1) is 0 Å². The molecule has 0 fully saturated rings. The largest absolute Gasteiger partial charge is 0.479 e. The van der Waals surface area contributed by atoms with Gasteiger partial charge >= 0.3 is 0 Å². The average Bonchev–Trinajstić information content (AvgIpc) is 2.49. The van der Waals surface area contributed by atoms with E-state index in [1.807, 2.05) is 0 Å². The van der Waals surface area contributed by atoms with Crippen LogP contribution in [-0.4, -0.2) is 17.1 Å². The molecule has 0 heterocycles. The van der Waals surface area contributed by atoms with E-state index in [0.29, 0.717) is 16.5 Å². The van der Waals surface area contributed by atoms with Crippen molar-refractivity contribution in [1.82, 2.24) is 0 Å². The lowest BCUT2D eigenvalue weighted by atomic mass is 10.2. The Bertz CT molecular complexity index is 630. The van der Waals surface area contributed by atoms with Crippen molar-refractivity contribution in [2.75, 3.05) is 5.32 Å². The average molecular weight is 306 g/mol. The van der Waals surface area contributed by atoms with Crippen LogP contribution in [0.15, 0.2) is 48.5 Å². The van der Waals surface area contributed by atoms with E-state index in [9.17, 15) is 4.79 Å². The number of anilines is 1. The van der Waals surface area contributed by atoms with Crippen molar-refractivity contribution in [2.45, 2.75) is 19.6 Å². The van der Waals surface area contributed by atoms with E-state index in [1.54, 1.807) is 55.5 Å². The summed E-state index contributed by atoms with van der Waals surface area (Å²) in [6.07, 6.45) is -0.692. The van der Waals surface area contributed by atoms with Crippen molar-refractivity contribution in [1.29, 1.82) is 0 Å². The van der Waals surface area contributed by atoms with E-state index in [-0.39, 0.29) is 12.5 Å². The van der Waals surface area contributed by atoms with E-state index in [2.05, 4.69) is 5.32 Å². The molecule has 0 saturated heterocycles. The van der Waals surface area contributed by atoms with E-state index >= 15 is 0 Å². The lowest BCUT2D eigenvalue weighted by molar-refractivity contribution is -0.122. The van der Waals surface area contributed by atoms with Crippen LogP contribution in [0, 0.1) is 0 Å². The third-order valence-corrected chi connectivity index (χ3v) is 3.20. The highest BCUT2D eigenvalue weighted by Gasteiger charge is 2.16. The minimum Gasteiger partial charge on any atom is -0.479 e. The molecule has 0 aliphatic carbocycles. The van der Waals surface area contributed by atoms with Crippen molar-refractivity contribution < 1.29 is 14.6 Å². The molecule has 4 nitrogen and oxygen atoms in total. The minimum absolute atomic E-state index is 0.0740. The zero-order valence-corrected chi connectivity index (χ0v) is 12.3. The Balaban J connectivity index is 2.01. The third-order valence-electron chi connectivity index (χ3n) is 2.89. The molecule has 0 aliphatic heterocycles. The monoisotopic (exact) mass is 305 g/mol. The molecule has 2 rings (SSSR count). The van der Waals surface area contributed by atoms with Gasteiger partial charge in [0.25, 0.3) is 5.91 Å². The van der Waals surface area contributed by atoms with Crippen molar-refractivity contribution in [3.63, 3.8) is 0 Å². The van der Waals surface area contributed by atoms with Crippen LogP contribution >= 0.6 is 11.6 Å². The Morgan fingerprint density at radius 2 is 2.05 bits per heavy atom. The van der Waals surface area contributed by atoms with Gasteiger partial charge in [0.2, 0.25) is 0 Å². The molecule has 110 valence electrons. The number of amides is 1. The molecule has 1 unspecified atom stereocenters. The Morgan fingerprint density at radius 1 is 1.29 bits per heavy atom. The van der Waals surface area contributed by atoms with Crippen LogP contribution in [0.3, 0.4) is 0 Å². The first-order chi connectivity index (χ1) is 10.1. The number of halogens is 1. The Labute approximate surface area is 128 Å². The second kappa shape index (κ2) is 7.11. The quantitative estimate of drug-likeness (QED) is 0.891. The summed E-state index contributed by atoms with van der Waals surface area (Å²) >= 11 is 5.99. The molecule has 0 aliphatic rings. The summed E-state index contributed by atoms with van der Waals surface area (Å²) in [6.45, 7) is 1.57. The maximum absolute atomic E-state index is 12.1.